The molecule has 3 aromatic heterocycles. The van der Waals surface area contributed by atoms with Crippen molar-refractivity contribution in [2.24, 2.45) is 11.8 Å². The van der Waals surface area contributed by atoms with Crippen LogP contribution in [0.4, 0.5) is 13.2 Å². The van der Waals surface area contributed by atoms with E-state index in [1.165, 1.54) is 17.4 Å². The van der Waals surface area contributed by atoms with Crippen molar-refractivity contribution < 1.29 is 28.4 Å². The first kappa shape index (κ1) is 31.5. The van der Waals surface area contributed by atoms with Crippen LogP contribution in [-0.4, -0.2) is 53.8 Å². The Bertz CT molecular complexity index is 1690. The molecule has 2 saturated carbocycles. The minimum Gasteiger partial charge on any atom is -0.542 e. The molecule has 6 rings (SSSR count). The van der Waals surface area contributed by atoms with Gasteiger partial charge in [-0.3, -0.25) is 13.9 Å². The lowest BCUT2D eigenvalue weighted by molar-refractivity contribution is -0.701. The van der Waals surface area contributed by atoms with Crippen LogP contribution in [0.15, 0.2) is 33.9 Å². The highest BCUT2D eigenvalue weighted by Gasteiger charge is 2.46. The molecule has 2 aliphatic rings. The fourth-order valence-electron chi connectivity index (χ4n) is 6.94. The number of hydrogen-bond acceptors (Lipinski definition) is 6. The quantitative estimate of drug-likeness (QED) is 0.261. The molecule has 14 heteroatoms. The predicted octanol–water partition coefficient (Wildman–Crippen LogP) is 1.96. The molecule has 238 valence electrons. The number of carbonyl (C=O) groups is 1. The number of halogens is 3. The van der Waals surface area contributed by atoms with Crippen LogP contribution in [0.25, 0.3) is 22.2 Å². The van der Waals surface area contributed by atoms with Crippen molar-refractivity contribution in [1.82, 2.24) is 29.1 Å². The van der Waals surface area contributed by atoms with Gasteiger partial charge in [-0.1, -0.05) is 26.0 Å². The van der Waals surface area contributed by atoms with Crippen LogP contribution in [-0.2, 0) is 24.3 Å². The number of benzene rings is 1. The summed E-state index contributed by atoms with van der Waals surface area (Å²) in [7, 11) is 0. The van der Waals surface area contributed by atoms with Crippen LogP contribution in [0.5, 0.6) is 0 Å². The van der Waals surface area contributed by atoms with Gasteiger partial charge in [-0.25, -0.2) is 14.8 Å². The topological polar surface area (TPSA) is 158 Å². The van der Waals surface area contributed by atoms with Gasteiger partial charge in [0.25, 0.3) is 5.56 Å². The number of aryl methyl sites for hydroxylation is 1. The number of carbonyl (C=O) groups excluding carboxylic acids is 1. The largest absolute Gasteiger partial charge is 0.542 e. The van der Waals surface area contributed by atoms with E-state index >= 15 is 0 Å². The fourth-order valence-corrected chi connectivity index (χ4v) is 6.94. The fraction of sp³-hybridized carbons (Fsp3) is 0.567. The average molecular weight is 618 g/mol. The van der Waals surface area contributed by atoms with Crippen molar-refractivity contribution in [3.8, 4) is 0 Å². The van der Waals surface area contributed by atoms with E-state index in [2.05, 4.69) is 27.4 Å². The molecular formula is C30H38F3N7O4. The number of carboxylic acid groups (broad SMARTS) is 1. The van der Waals surface area contributed by atoms with Crippen molar-refractivity contribution in [2.75, 3.05) is 6.54 Å². The van der Waals surface area contributed by atoms with Gasteiger partial charge in [-0.05, 0) is 50.7 Å². The third-order valence-corrected chi connectivity index (χ3v) is 8.82. The Kier molecular flexibility index (Phi) is 9.28. The molecular weight excluding hydrogens is 579 g/mol. The number of fused-ring (bicyclic) bond motifs is 4. The molecule has 2 aliphatic carbocycles. The molecule has 0 aliphatic heterocycles. The van der Waals surface area contributed by atoms with E-state index in [0.717, 1.165) is 61.3 Å². The number of rotatable bonds is 9. The van der Waals surface area contributed by atoms with E-state index in [0.29, 0.717) is 48.0 Å². The van der Waals surface area contributed by atoms with Gasteiger partial charge in [-0.2, -0.15) is 13.2 Å². The molecule has 0 saturated heterocycles. The number of aliphatic carboxylic acids is 1. The third-order valence-electron chi connectivity index (χ3n) is 8.82. The zero-order chi connectivity index (χ0) is 31.6. The second kappa shape index (κ2) is 13.0. The highest BCUT2D eigenvalue weighted by atomic mass is 19.4. The van der Waals surface area contributed by atoms with Crippen molar-refractivity contribution in [3.63, 3.8) is 0 Å². The SMILES string of the molecule is CCCn1c(=O)c2[nH]c(C3CC4CCC(C3)C4[NH2+]CCc3nc4ccccc4[nH]3)nc2n(CCC)c1=O.O=C([O-])C(F)(F)F. The molecule has 4 N–H and O–H groups in total. The van der Waals surface area contributed by atoms with Crippen molar-refractivity contribution in [1.29, 1.82) is 0 Å². The minimum absolute atomic E-state index is 0.233. The van der Waals surface area contributed by atoms with Crippen molar-refractivity contribution in [2.45, 2.75) is 90.0 Å². The summed E-state index contributed by atoms with van der Waals surface area (Å²) < 4.78 is 34.6. The van der Waals surface area contributed by atoms with E-state index in [4.69, 9.17) is 19.9 Å². The average Bonchev–Trinajstić information content (AvgIpc) is 3.67. The summed E-state index contributed by atoms with van der Waals surface area (Å²) in [5.74, 6) is 0.571. The number of imidazole rings is 2. The summed E-state index contributed by atoms with van der Waals surface area (Å²) in [6, 6.07) is 8.85. The van der Waals surface area contributed by atoms with Gasteiger partial charge in [0.05, 0.1) is 30.0 Å². The van der Waals surface area contributed by atoms with Gasteiger partial charge in [0.1, 0.15) is 23.1 Å². The molecule has 1 aromatic carbocycles. The summed E-state index contributed by atoms with van der Waals surface area (Å²) in [6.45, 7) is 6.07. The summed E-state index contributed by atoms with van der Waals surface area (Å²) in [6.07, 6.45) is 2.01. The molecule has 0 radical (unpaired) electrons. The summed E-state index contributed by atoms with van der Waals surface area (Å²) in [4.78, 5) is 51.4. The molecule has 4 aromatic rings. The molecule has 2 fully saturated rings. The number of H-pyrrole nitrogens is 2. The van der Waals surface area contributed by atoms with Crippen LogP contribution in [0, 0.1) is 11.8 Å². The molecule has 2 unspecified atom stereocenters. The number of nitrogens with one attached hydrogen (secondary N) is 2. The smallest absolute Gasteiger partial charge is 0.430 e. The highest BCUT2D eigenvalue weighted by Crippen LogP contribution is 2.46. The highest BCUT2D eigenvalue weighted by molar-refractivity contribution is 5.74. The number of alkyl halides is 3. The Morgan fingerprint density at radius 1 is 1.02 bits per heavy atom. The number of para-hydroxylation sites is 2. The molecule has 2 bridgehead atoms. The molecule has 2 atom stereocenters. The van der Waals surface area contributed by atoms with Gasteiger partial charge in [0.15, 0.2) is 5.65 Å². The number of nitrogens with two attached hydrogens (primary N) is 1. The Labute approximate surface area is 250 Å². The number of aromatic amines is 2. The maximum atomic E-state index is 13.1. The monoisotopic (exact) mass is 617 g/mol. The van der Waals surface area contributed by atoms with E-state index in [9.17, 15) is 22.8 Å². The molecule has 11 nitrogen and oxygen atoms in total. The summed E-state index contributed by atoms with van der Waals surface area (Å²) in [5, 5.41) is 11.3. The van der Waals surface area contributed by atoms with Crippen LogP contribution < -0.4 is 21.7 Å². The zero-order valence-electron chi connectivity index (χ0n) is 24.8. The Balaban J connectivity index is 0.000000493. The van der Waals surface area contributed by atoms with Gasteiger partial charge in [0, 0.05) is 30.8 Å². The molecule has 0 spiro atoms. The van der Waals surface area contributed by atoms with Crippen molar-refractivity contribution in [3.05, 3.63) is 56.8 Å². The standard InChI is InChI=1S/C28H37N7O2.C2HF3O2/c1-3-13-34-26-24(27(36)35(14-4-2)28(34)37)32-25(33-26)19-15-17-9-10-18(16-19)23(17)29-12-11-22-30-20-7-5-6-8-21(20)31-22;3-2(4,5)1(6)7/h5-8,17-19,23,29H,3-4,9-16H2,1-2H3,(H,30,31)(H,32,33);(H,6,7). The molecule has 3 heterocycles. The van der Waals surface area contributed by atoms with Gasteiger partial charge in [-0.15, -0.1) is 0 Å². The second-order valence-corrected chi connectivity index (χ2v) is 11.8. The van der Waals surface area contributed by atoms with Crippen LogP contribution in [0.1, 0.15) is 69.9 Å². The summed E-state index contributed by atoms with van der Waals surface area (Å²) in [5.41, 5.74) is 2.70. The van der Waals surface area contributed by atoms with Gasteiger partial charge in [0.2, 0.25) is 0 Å². The summed E-state index contributed by atoms with van der Waals surface area (Å²) >= 11 is 0. The van der Waals surface area contributed by atoms with Crippen molar-refractivity contribution >= 4 is 28.2 Å². The van der Waals surface area contributed by atoms with Crippen LogP contribution >= 0.6 is 0 Å². The van der Waals surface area contributed by atoms with E-state index in [1.807, 2.05) is 26.0 Å². The molecule has 44 heavy (non-hydrogen) atoms. The Morgan fingerprint density at radius 2 is 1.66 bits per heavy atom. The lowest BCUT2D eigenvalue weighted by Crippen LogP contribution is -2.93. The van der Waals surface area contributed by atoms with E-state index in [1.54, 1.807) is 4.57 Å². The number of carboxylic acids is 1. The zero-order valence-corrected chi connectivity index (χ0v) is 24.8. The van der Waals surface area contributed by atoms with Gasteiger partial charge < -0.3 is 25.2 Å². The Morgan fingerprint density at radius 3 is 2.27 bits per heavy atom. The Hall–Kier alpha value is -3.94. The number of aromatic nitrogens is 6. The van der Waals surface area contributed by atoms with Crippen LogP contribution in [0.2, 0.25) is 0 Å². The second-order valence-electron chi connectivity index (χ2n) is 11.8. The number of hydrogen-bond donors (Lipinski definition) is 3. The van der Waals surface area contributed by atoms with Crippen LogP contribution in [0.3, 0.4) is 0 Å². The number of nitrogens with zero attached hydrogens (tertiary/aromatic N) is 4. The lowest BCUT2D eigenvalue weighted by atomic mass is 9.77. The third kappa shape index (κ3) is 6.44. The van der Waals surface area contributed by atoms with Gasteiger partial charge >= 0.3 is 11.9 Å². The first-order chi connectivity index (χ1) is 21.0. The predicted molar refractivity (Wildman–Crippen MR) is 155 cm³/mol. The lowest BCUT2D eigenvalue weighted by Gasteiger charge is -2.32. The first-order valence-corrected chi connectivity index (χ1v) is 15.3. The van der Waals surface area contributed by atoms with E-state index < -0.39 is 12.1 Å². The normalized spacial score (nSPS) is 21.5. The first-order valence-electron chi connectivity index (χ1n) is 15.3. The number of quaternary nitrogens is 1. The molecule has 0 amide bonds. The maximum Gasteiger partial charge on any atom is 0.430 e. The van der Waals surface area contributed by atoms with E-state index in [-0.39, 0.29) is 11.2 Å². The maximum absolute atomic E-state index is 13.1. The minimum atomic E-state index is -5.19.